The van der Waals surface area contributed by atoms with Crippen molar-refractivity contribution in [3.05, 3.63) is 0 Å². The predicted octanol–water partition coefficient (Wildman–Crippen LogP) is -3.09. The van der Waals surface area contributed by atoms with Crippen LogP contribution in [-0.4, -0.2) is 23.1 Å². The Morgan fingerprint density at radius 1 is 1.33 bits per heavy atom. The van der Waals surface area contributed by atoms with Gasteiger partial charge in [0.25, 0.3) is 0 Å². The molecule has 0 spiro atoms. The summed E-state index contributed by atoms with van der Waals surface area (Å²) < 4.78 is 8.55. The molecule has 0 saturated carbocycles. The van der Waals surface area contributed by atoms with Gasteiger partial charge in [-0.15, -0.1) is 0 Å². The topological polar surface area (TPSA) is 86.2 Å². The average molecular weight is 120 g/mol. The van der Waals surface area contributed by atoms with Gasteiger partial charge in [0, 0.05) is 0 Å². The fourth-order valence-corrected chi connectivity index (χ4v) is 0. The Kier molecular flexibility index (Phi) is 4.92. The SMILES string of the molecule is O=P([O-])([O-])[O-].[H+].[Mg+2]. The van der Waals surface area contributed by atoms with Gasteiger partial charge in [-0.05, 0) is 0 Å². The molecule has 0 aromatic carbocycles. The molecule has 4 nitrogen and oxygen atoms in total. The third-order valence-corrected chi connectivity index (χ3v) is 0. The van der Waals surface area contributed by atoms with Gasteiger partial charge in [0.2, 0.25) is 0 Å². The summed E-state index contributed by atoms with van der Waals surface area (Å²) in [6.07, 6.45) is 0. The number of rotatable bonds is 0. The van der Waals surface area contributed by atoms with E-state index in [1.807, 2.05) is 0 Å². The van der Waals surface area contributed by atoms with Gasteiger partial charge in [-0.2, -0.15) is 7.82 Å². The van der Waals surface area contributed by atoms with E-state index in [9.17, 15) is 0 Å². The van der Waals surface area contributed by atoms with Crippen molar-refractivity contribution in [2.75, 3.05) is 0 Å². The van der Waals surface area contributed by atoms with E-state index >= 15 is 0 Å². The molecule has 0 heterocycles. The first-order chi connectivity index (χ1) is 2.00. The molecule has 0 aromatic rings. The molecule has 0 rings (SSSR count). The van der Waals surface area contributed by atoms with Crippen molar-refractivity contribution in [3.63, 3.8) is 0 Å². The second-order valence-corrected chi connectivity index (χ2v) is 1.34. The summed E-state index contributed by atoms with van der Waals surface area (Å²) in [5, 5.41) is 0. The summed E-state index contributed by atoms with van der Waals surface area (Å²) in [6.45, 7) is 0. The second-order valence-electron chi connectivity index (χ2n) is 0.447. The average Bonchev–Trinajstić information content (AvgIpc) is 0.722. The van der Waals surface area contributed by atoms with Crippen LogP contribution in [0.3, 0.4) is 0 Å². The molecule has 0 amide bonds. The maximum absolute atomic E-state index is 8.55. The summed E-state index contributed by atoms with van der Waals surface area (Å²) in [6, 6.07) is 0. The van der Waals surface area contributed by atoms with Crippen molar-refractivity contribution in [1.82, 2.24) is 0 Å². The van der Waals surface area contributed by atoms with Crippen molar-refractivity contribution in [1.29, 1.82) is 0 Å². The molecule has 0 saturated heterocycles. The first-order valence-corrected chi connectivity index (χ1v) is 2.19. The molecule has 0 N–H and O–H groups in total. The number of hydrogen-bond acceptors (Lipinski definition) is 4. The van der Waals surface area contributed by atoms with Crippen LogP contribution in [0.4, 0.5) is 0 Å². The molecule has 0 bridgehead atoms. The van der Waals surface area contributed by atoms with Crippen LogP contribution in [0.25, 0.3) is 0 Å². The number of hydrogen-bond donors (Lipinski definition) is 0. The monoisotopic (exact) mass is 120 g/mol. The van der Waals surface area contributed by atoms with E-state index in [1.54, 1.807) is 0 Å². The van der Waals surface area contributed by atoms with E-state index in [2.05, 4.69) is 0 Å². The Morgan fingerprint density at radius 3 is 1.33 bits per heavy atom. The van der Waals surface area contributed by atoms with Crippen molar-refractivity contribution in [2.45, 2.75) is 0 Å². The van der Waals surface area contributed by atoms with Gasteiger partial charge in [-0.3, -0.25) is 0 Å². The molecule has 0 aliphatic carbocycles. The van der Waals surface area contributed by atoms with Crippen LogP contribution in [0.5, 0.6) is 0 Å². The van der Waals surface area contributed by atoms with Crippen molar-refractivity contribution < 1.29 is 20.7 Å². The zero-order valence-electron chi connectivity index (χ0n) is 3.79. The van der Waals surface area contributed by atoms with Crippen LogP contribution in [-0.2, 0) is 4.57 Å². The normalized spacial score (nSPS) is 9.83. The van der Waals surface area contributed by atoms with Crippen molar-refractivity contribution in [3.8, 4) is 0 Å². The van der Waals surface area contributed by atoms with Crippen LogP contribution in [0, 0.1) is 0 Å². The quantitative estimate of drug-likeness (QED) is 0.250. The van der Waals surface area contributed by atoms with Crippen LogP contribution >= 0.6 is 7.82 Å². The summed E-state index contributed by atoms with van der Waals surface area (Å²) in [4.78, 5) is 25.6. The third-order valence-electron chi connectivity index (χ3n) is 0. The fourth-order valence-electron chi connectivity index (χ4n) is 0. The van der Waals surface area contributed by atoms with Crippen molar-refractivity contribution >= 4 is 30.9 Å². The summed E-state index contributed by atoms with van der Waals surface area (Å²) >= 11 is 0. The first kappa shape index (κ1) is 9.99. The van der Waals surface area contributed by atoms with E-state index in [1.165, 1.54) is 0 Å². The first-order valence-electron chi connectivity index (χ1n) is 0.730. The second kappa shape index (κ2) is 2.96. The van der Waals surface area contributed by atoms with E-state index < -0.39 is 7.82 Å². The Labute approximate surface area is 52.1 Å². The molecule has 6 heavy (non-hydrogen) atoms. The Morgan fingerprint density at radius 2 is 1.33 bits per heavy atom. The minimum absolute atomic E-state index is 0. The van der Waals surface area contributed by atoms with Gasteiger partial charge in [0.1, 0.15) is 0 Å². The molecule has 32 valence electrons. The van der Waals surface area contributed by atoms with Gasteiger partial charge >= 0.3 is 24.5 Å². The van der Waals surface area contributed by atoms with Gasteiger partial charge in [0.15, 0.2) is 0 Å². The van der Waals surface area contributed by atoms with E-state index in [4.69, 9.17) is 19.2 Å². The van der Waals surface area contributed by atoms with Crippen LogP contribution < -0.4 is 14.7 Å². The molecule has 0 unspecified atom stereocenters. The summed E-state index contributed by atoms with van der Waals surface area (Å²) in [5.74, 6) is 0. The molecule has 0 radical (unpaired) electrons. The Hall–Kier alpha value is 0.876. The molecule has 0 aliphatic heterocycles. The fraction of sp³-hybridized carbons (Fsp3) is 0. The molecule has 0 aromatic heterocycles. The zero-order valence-corrected chi connectivity index (χ0v) is 5.10. The molecule has 0 atom stereocenters. The van der Waals surface area contributed by atoms with Gasteiger partial charge in [-0.1, -0.05) is 0 Å². The van der Waals surface area contributed by atoms with Crippen LogP contribution in [0.2, 0.25) is 0 Å². The molecule has 0 aliphatic rings. The maximum Gasteiger partial charge on any atom is 2.00 e. The zero-order chi connectivity index (χ0) is 4.50. The van der Waals surface area contributed by atoms with Gasteiger partial charge in [-0.25, -0.2) is 0 Å². The predicted molar refractivity (Wildman–Crippen MR) is 14.5 cm³/mol. The molecule has 0 fully saturated rings. The smallest absolute Gasteiger partial charge is 0.822 e. The van der Waals surface area contributed by atoms with Crippen LogP contribution in [0.15, 0.2) is 0 Å². The Bertz CT molecular complexity index is 57.8. The molecule has 6 heteroatoms. The maximum atomic E-state index is 8.55. The third kappa shape index (κ3) is 95.4. The minimum atomic E-state index is -5.39. The van der Waals surface area contributed by atoms with Gasteiger partial charge in [0.05, 0.1) is 0 Å². The standard InChI is InChI=1S/Mg.H3O4P/c;1-5(2,3)4/h;(H3,1,2,3,4)/q+2;/p-2. The summed E-state index contributed by atoms with van der Waals surface area (Å²) in [7, 11) is -5.39. The minimum Gasteiger partial charge on any atom is -0.822 e. The largest absolute Gasteiger partial charge is 2.00 e. The molecular formula is HMgO4P. The van der Waals surface area contributed by atoms with Crippen LogP contribution in [0.1, 0.15) is 1.43 Å². The van der Waals surface area contributed by atoms with E-state index in [-0.39, 0.29) is 24.5 Å². The molecular weight excluding hydrogens is 119 g/mol. The van der Waals surface area contributed by atoms with Gasteiger partial charge < -0.3 is 19.2 Å². The Balaban J connectivity index is -0.0000000800. The summed E-state index contributed by atoms with van der Waals surface area (Å²) in [5.41, 5.74) is 0. The van der Waals surface area contributed by atoms with E-state index in [0.717, 1.165) is 0 Å². The van der Waals surface area contributed by atoms with Crippen molar-refractivity contribution in [2.24, 2.45) is 0 Å². The number of phosphoric acid groups is 1. The van der Waals surface area contributed by atoms with E-state index in [0.29, 0.717) is 0 Å².